The third kappa shape index (κ3) is 3.55. The number of aromatic nitrogens is 2. The maximum atomic E-state index is 13.6. The van der Waals surface area contributed by atoms with Crippen molar-refractivity contribution in [3.8, 4) is 11.3 Å². The number of anilines is 1. The smallest absolute Gasteiger partial charge is 0.290 e. The van der Waals surface area contributed by atoms with Gasteiger partial charge in [-0.15, -0.1) is 0 Å². The van der Waals surface area contributed by atoms with Gasteiger partial charge in [0.1, 0.15) is 11.4 Å². The van der Waals surface area contributed by atoms with E-state index in [1.165, 1.54) is 6.42 Å². The Bertz CT molecular complexity index is 1550. The third-order valence-corrected chi connectivity index (χ3v) is 8.34. The van der Waals surface area contributed by atoms with E-state index in [-0.39, 0.29) is 11.4 Å². The van der Waals surface area contributed by atoms with Gasteiger partial charge >= 0.3 is 0 Å². The van der Waals surface area contributed by atoms with Crippen molar-refractivity contribution in [2.24, 2.45) is 0 Å². The summed E-state index contributed by atoms with van der Waals surface area (Å²) in [4.78, 5) is 20.1. The number of hydrogen-bond acceptors (Lipinski definition) is 5. The van der Waals surface area contributed by atoms with E-state index in [0.717, 1.165) is 70.8 Å². The lowest BCUT2D eigenvalue weighted by Crippen LogP contribution is -2.48. The molecule has 2 N–H and O–H groups in total. The molecule has 2 aromatic carbocycles. The molecule has 8 heteroatoms. The summed E-state index contributed by atoms with van der Waals surface area (Å²) < 4.78 is 8.57. The molecule has 1 amide bonds. The van der Waals surface area contributed by atoms with E-state index in [0.29, 0.717) is 30.4 Å². The second kappa shape index (κ2) is 8.42. The number of nitrogens with one attached hydrogen (secondary N) is 2. The summed E-state index contributed by atoms with van der Waals surface area (Å²) in [6.45, 7) is 5.85. The lowest BCUT2D eigenvalue weighted by Gasteiger charge is -2.44. The van der Waals surface area contributed by atoms with Gasteiger partial charge in [0.05, 0.1) is 40.5 Å². The van der Waals surface area contributed by atoms with Gasteiger partial charge in [-0.2, -0.15) is 0 Å². The van der Waals surface area contributed by atoms with E-state index in [1.54, 1.807) is 0 Å². The topological polar surface area (TPSA) is 75.3 Å². The molecule has 0 unspecified atom stereocenters. The van der Waals surface area contributed by atoms with Gasteiger partial charge in [-0.3, -0.25) is 4.79 Å². The molecule has 0 bridgehead atoms. The van der Waals surface area contributed by atoms with Gasteiger partial charge < -0.3 is 24.5 Å². The Labute approximate surface area is 220 Å². The minimum Gasteiger partial charge on any atom is -0.450 e. The maximum absolute atomic E-state index is 13.6. The number of carbonyl (C=O) groups excluding carboxylic acids is 1. The second-order valence-electron chi connectivity index (χ2n) is 10.3. The van der Waals surface area contributed by atoms with Crippen molar-refractivity contribution < 1.29 is 9.21 Å². The Kier molecular flexibility index (Phi) is 5.11. The molecular weight excluding hydrogens is 486 g/mol. The average molecular weight is 514 g/mol. The van der Waals surface area contributed by atoms with Gasteiger partial charge in [0.25, 0.3) is 5.91 Å². The zero-order valence-electron chi connectivity index (χ0n) is 20.5. The Hall–Kier alpha value is -3.71. The lowest BCUT2D eigenvalue weighted by atomic mass is 9.74. The molecule has 2 aromatic heterocycles. The minimum atomic E-state index is -0.291. The third-order valence-electron chi connectivity index (χ3n) is 8.04. The molecule has 1 fully saturated rings. The van der Waals surface area contributed by atoms with Gasteiger partial charge in [-0.1, -0.05) is 67.8 Å². The highest BCUT2D eigenvalue weighted by molar-refractivity contribution is 6.34. The summed E-state index contributed by atoms with van der Waals surface area (Å²) in [6, 6.07) is 13.9. The largest absolute Gasteiger partial charge is 0.450 e. The summed E-state index contributed by atoms with van der Waals surface area (Å²) in [6.07, 6.45) is 7.28. The van der Waals surface area contributed by atoms with Crippen LogP contribution in [0.2, 0.25) is 5.02 Å². The van der Waals surface area contributed by atoms with Crippen LogP contribution in [-0.4, -0.2) is 26.9 Å². The molecule has 1 aliphatic carbocycles. The van der Waals surface area contributed by atoms with E-state index < -0.39 is 0 Å². The molecule has 4 heterocycles. The van der Waals surface area contributed by atoms with Crippen LogP contribution in [0.5, 0.6) is 0 Å². The summed E-state index contributed by atoms with van der Waals surface area (Å²) in [5.41, 5.74) is 4.49. The summed E-state index contributed by atoms with van der Waals surface area (Å²) in [5.74, 6) is 1.83. The highest BCUT2D eigenvalue weighted by Crippen LogP contribution is 2.50. The Morgan fingerprint density at radius 2 is 1.92 bits per heavy atom. The van der Waals surface area contributed by atoms with Crippen molar-refractivity contribution in [1.82, 2.24) is 19.8 Å². The van der Waals surface area contributed by atoms with Crippen LogP contribution >= 0.6 is 11.6 Å². The zero-order chi connectivity index (χ0) is 25.1. The first-order valence-electron chi connectivity index (χ1n) is 12.9. The van der Waals surface area contributed by atoms with E-state index >= 15 is 0 Å². The van der Waals surface area contributed by atoms with E-state index in [1.807, 2.05) is 41.4 Å². The molecule has 1 saturated carbocycles. The number of hydrogen-bond donors (Lipinski definition) is 2. The molecule has 2 aliphatic heterocycles. The molecule has 37 heavy (non-hydrogen) atoms. The second-order valence-corrected chi connectivity index (χ2v) is 10.7. The molecule has 1 spiro atoms. The monoisotopic (exact) mass is 513 g/mol. The lowest BCUT2D eigenvalue weighted by molar-refractivity contribution is 0.0677. The highest BCUT2D eigenvalue weighted by atomic mass is 35.5. The van der Waals surface area contributed by atoms with Crippen LogP contribution in [0, 0.1) is 0 Å². The SMILES string of the molecule is C=C1Nc2c(Cl)cc3cc(C(=O)N4CCn5c(-c6ccccc6)cnc5C4)oc3c2C2(CCCCC2)N1. The number of benzene rings is 2. The Morgan fingerprint density at radius 1 is 1.11 bits per heavy atom. The van der Waals surface area contributed by atoms with Gasteiger partial charge in [-0.25, -0.2) is 4.98 Å². The van der Waals surface area contributed by atoms with Gasteiger partial charge in [0.2, 0.25) is 0 Å². The molecule has 7 rings (SSSR count). The number of fused-ring (bicyclic) bond motifs is 5. The van der Waals surface area contributed by atoms with E-state index in [9.17, 15) is 4.79 Å². The van der Waals surface area contributed by atoms with Crippen molar-refractivity contribution in [2.45, 2.75) is 50.7 Å². The fraction of sp³-hybridized carbons (Fsp3) is 0.310. The van der Waals surface area contributed by atoms with Crippen LogP contribution in [-0.2, 0) is 18.6 Å². The van der Waals surface area contributed by atoms with Crippen molar-refractivity contribution in [2.75, 3.05) is 11.9 Å². The standard InChI is InChI=1S/C29H28ClN5O2/c1-18-32-26-21(30)14-20-15-23(37-27(20)25(26)29(33-18)10-6-3-7-11-29)28(36)34-12-13-35-22(16-31-24(35)17-34)19-8-4-2-5-9-19/h2,4-5,8-9,14-16,32-33H,1,3,6-7,10-13,17H2. The zero-order valence-corrected chi connectivity index (χ0v) is 21.3. The van der Waals surface area contributed by atoms with Crippen LogP contribution in [0.3, 0.4) is 0 Å². The van der Waals surface area contributed by atoms with Crippen LogP contribution in [0.4, 0.5) is 5.69 Å². The van der Waals surface area contributed by atoms with Crippen molar-refractivity contribution in [3.63, 3.8) is 0 Å². The number of halogens is 1. The summed E-state index contributed by atoms with van der Waals surface area (Å²) >= 11 is 6.76. The quantitative estimate of drug-likeness (QED) is 0.331. The molecular formula is C29H28ClN5O2. The number of furan rings is 1. The number of nitrogens with zero attached hydrogens (tertiary/aromatic N) is 3. The maximum Gasteiger partial charge on any atom is 0.290 e. The Morgan fingerprint density at radius 3 is 2.73 bits per heavy atom. The van der Waals surface area contributed by atoms with Crippen LogP contribution < -0.4 is 10.6 Å². The first-order valence-corrected chi connectivity index (χ1v) is 13.3. The van der Waals surface area contributed by atoms with E-state index in [2.05, 4.69) is 38.9 Å². The molecule has 0 atom stereocenters. The number of imidazole rings is 1. The highest BCUT2D eigenvalue weighted by Gasteiger charge is 2.42. The van der Waals surface area contributed by atoms with Crippen LogP contribution in [0.15, 0.2) is 65.5 Å². The summed E-state index contributed by atoms with van der Waals surface area (Å²) in [5, 5.41) is 8.38. The Balaban J connectivity index is 1.24. The van der Waals surface area contributed by atoms with Crippen LogP contribution in [0.25, 0.3) is 22.2 Å². The first-order chi connectivity index (χ1) is 18.0. The van der Waals surface area contributed by atoms with Crippen molar-refractivity contribution >= 4 is 34.2 Å². The van der Waals surface area contributed by atoms with Gasteiger partial charge in [0, 0.05) is 24.0 Å². The number of carbonyl (C=O) groups is 1. The number of rotatable bonds is 2. The average Bonchev–Trinajstić information content (AvgIpc) is 3.53. The van der Waals surface area contributed by atoms with Crippen molar-refractivity contribution in [3.05, 3.63) is 83.2 Å². The fourth-order valence-electron chi connectivity index (χ4n) is 6.33. The van der Waals surface area contributed by atoms with Gasteiger partial charge in [-0.05, 0) is 30.5 Å². The molecule has 4 aromatic rings. The normalized spacial score (nSPS) is 18.3. The predicted octanol–water partition coefficient (Wildman–Crippen LogP) is 6.25. The van der Waals surface area contributed by atoms with Gasteiger partial charge in [0.15, 0.2) is 5.76 Å². The molecule has 188 valence electrons. The molecule has 0 radical (unpaired) electrons. The predicted molar refractivity (Wildman–Crippen MR) is 144 cm³/mol. The first kappa shape index (κ1) is 22.5. The fourth-order valence-corrected chi connectivity index (χ4v) is 6.59. The minimum absolute atomic E-state index is 0.129. The molecule has 3 aliphatic rings. The molecule has 7 nitrogen and oxygen atoms in total. The number of amides is 1. The summed E-state index contributed by atoms with van der Waals surface area (Å²) in [7, 11) is 0. The van der Waals surface area contributed by atoms with Crippen LogP contribution in [0.1, 0.15) is 54.0 Å². The molecule has 0 saturated heterocycles. The van der Waals surface area contributed by atoms with Crippen molar-refractivity contribution in [1.29, 1.82) is 0 Å². The van der Waals surface area contributed by atoms with E-state index in [4.69, 9.17) is 16.0 Å².